The molecule has 6 nitrogen and oxygen atoms in total. The van der Waals surface area contributed by atoms with Crippen LogP contribution >= 0.6 is 11.6 Å². The molecule has 1 aromatic carbocycles. The Morgan fingerprint density at radius 2 is 2.11 bits per heavy atom. The van der Waals surface area contributed by atoms with Crippen LogP contribution in [-0.2, 0) is 0 Å². The second-order valence-corrected chi connectivity index (χ2v) is 5.18. The molecule has 1 atom stereocenters. The first-order valence-corrected chi connectivity index (χ1v) is 5.97. The number of nitrogens with one attached hydrogen (secondary N) is 1. The van der Waals surface area contributed by atoms with Gasteiger partial charge in [-0.25, -0.2) is 0 Å². The molecule has 104 valence electrons. The van der Waals surface area contributed by atoms with Crippen molar-refractivity contribution in [3.8, 4) is 0 Å². The van der Waals surface area contributed by atoms with Crippen molar-refractivity contribution in [1.29, 1.82) is 0 Å². The molecule has 0 spiro atoms. The van der Waals surface area contributed by atoms with Gasteiger partial charge in [-0.05, 0) is 32.9 Å². The third-order valence-electron chi connectivity index (χ3n) is 2.89. The van der Waals surface area contributed by atoms with Crippen molar-refractivity contribution in [1.82, 2.24) is 5.32 Å². The predicted molar refractivity (Wildman–Crippen MR) is 71.3 cm³/mol. The molecule has 0 fully saturated rings. The molecule has 0 saturated heterocycles. The molecule has 0 aliphatic carbocycles. The molecular weight excluding hydrogens is 272 g/mol. The van der Waals surface area contributed by atoms with Crippen molar-refractivity contribution in [3.05, 3.63) is 38.9 Å². The summed E-state index contributed by atoms with van der Waals surface area (Å²) in [5.41, 5.74) is -1.06. The van der Waals surface area contributed by atoms with E-state index in [1.165, 1.54) is 12.1 Å². The molecule has 2 N–H and O–H groups in total. The number of hydrogen-bond acceptors (Lipinski definition) is 4. The Labute approximate surface area is 115 Å². The van der Waals surface area contributed by atoms with E-state index in [0.717, 1.165) is 6.07 Å². The second-order valence-electron chi connectivity index (χ2n) is 4.78. The van der Waals surface area contributed by atoms with Crippen LogP contribution in [0.5, 0.6) is 0 Å². The third kappa shape index (κ3) is 3.65. The van der Waals surface area contributed by atoms with Crippen LogP contribution in [0.15, 0.2) is 18.2 Å². The molecule has 0 aliphatic rings. The molecule has 7 heteroatoms. The topological polar surface area (TPSA) is 92.5 Å². The lowest BCUT2D eigenvalue weighted by molar-refractivity contribution is -0.384. The zero-order valence-corrected chi connectivity index (χ0v) is 11.6. The van der Waals surface area contributed by atoms with Gasteiger partial charge in [0.05, 0.1) is 16.6 Å². The van der Waals surface area contributed by atoms with E-state index in [4.69, 9.17) is 11.6 Å². The first-order chi connectivity index (χ1) is 8.65. The van der Waals surface area contributed by atoms with Gasteiger partial charge in [0, 0.05) is 11.6 Å². The van der Waals surface area contributed by atoms with Crippen LogP contribution < -0.4 is 5.32 Å². The minimum Gasteiger partial charge on any atom is -0.391 e. The molecule has 0 radical (unpaired) electrons. The molecule has 0 saturated carbocycles. The standard InChI is InChI=1S/C12H15ClN2O4/c1-7(16)12(2,3)14-11(17)8-4-5-9(13)10(6-8)15(18)19/h4-7,16H,1-3H3,(H,14,17). The third-order valence-corrected chi connectivity index (χ3v) is 3.20. The number of carbonyl (C=O) groups excluding carboxylic acids is 1. The average molecular weight is 287 g/mol. The normalized spacial score (nSPS) is 12.9. The molecule has 1 rings (SSSR count). The fourth-order valence-corrected chi connectivity index (χ4v) is 1.45. The lowest BCUT2D eigenvalue weighted by Gasteiger charge is -2.29. The lowest BCUT2D eigenvalue weighted by Crippen LogP contribution is -2.50. The number of carbonyl (C=O) groups is 1. The Morgan fingerprint density at radius 3 is 2.58 bits per heavy atom. The summed E-state index contributed by atoms with van der Waals surface area (Å²) in [6.07, 6.45) is -0.765. The highest BCUT2D eigenvalue weighted by molar-refractivity contribution is 6.32. The Balaban J connectivity index is 3.02. The van der Waals surface area contributed by atoms with Crippen molar-refractivity contribution in [2.24, 2.45) is 0 Å². The number of aliphatic hydroxyl groups excluding tert-OH is 1. The summed E-state index contributed by atoms with van der Waals surface area (Å²) in [5, 5.41) is 22.8. The monoisotopic (exact) mass is 286 g/mol. The Kier molecular flexibility index (Phi) is 4.49. The first-order valence-electron chi connectivity index (χ1n) is 5.59. The highest BCUT2D eigenvalue weighted by Crippen LogP contribution is 2.25. The van der Waals surface area contributed by atoms with Crippen LogP contribution in [0.4, 0.5) is 5.69 Å². The summed E-state index contributed by atoms with van der Waals surface area (Å²) in [5.74, 6) is -0.509. The van der Waals surface area contributed by atoms with Crippen molar-refractivity contribution in [3.63, 3.8) is 0 Å². The van der Waals surface area contributed by atoms with E-state index in [1.54, 1.807) is 20.8 Å². The minimum atomic E-state index is -0.842. The summed E-state index contributed by atoms with van der Waals surface area (Å²) in [6, 6.07) is 3.79. The largest absolute Gasteiger partial charge is 0.391 e. The fraction of sp³-hybridized carbons (Fsp3) is 0.417. The number of rotatable bonds is 4. The summed E-state index contributed by atoms with van der Waals surface area (Å²) < 4.78 is 0. The maximum atomic E-state index is 12.0. The van der Waals surface area contributed by atoms with E-state index in [0.29, 0.717) is 0 Å². The number of benzene rings is 1. The average Bonchev–Trinajstić information content (AvgIpc) is 2.28. The number of nitro benzene ring substituents is 1. The lowest BCUT2D eigenvalue weighted by atomic mass is 9.98. The SMILES string of the molecule is CC(O)C(C)(C)NC(=O)c1ccc(Cl)c([N+](=O)[O-])c1. The van der Waals surface area contributed by atoms with Crippen LogP contribution in [0.25, 0.3) is 0 Å². The van der Waals surface area contributed by atoms with E-state index in [2.05, 4.69) is 5.32 Å². The van der Waals surface area contributed by atoms with Crippen molar-refractivity contribution >= 4 is 23.2 Å². The van der Waals surface area contributed by atoms with Crippen molar-refractivity contribution in [2.75, 3.05) is 0 Å². The van der Waals surface area contributed by atoms with Gasteiger partial charge in [0.2, 0.25) is 0 Å². The van der Waals surface area contributed by atoms with E-state index in [1.807, 2.05) is 0 Å². The highest BCUT2D eigenvalue weighted by atomic mass is 35.5. The highest BCUT2D eigenvalue weighted by Gasteiger charge is 2.27. The Hall–Kier alpha value is -1.66. The van der Waals surface area contributed by atoms with Crippen LogP contribution in [-0.4, -0.2) is 27.6 Å². The maximum absolute atomic E-state index is 12.0. The van der Waals surface area contributed by atoms with Crippen molar-refractivity contribution < 1.29 is 14.8 Å². The maximum Gasteiger partial charge on any atom is 0.288 e. The predicted octanol–water partition coefficient (Wildman–Crippen LogP) is 2.14. The number of amides is 1. The Bertz CT molecular complexity index is 514. The quantitative estimate of drug-likeness (QED) is 0.655. The molecular formula is C12H15ClN2O4. The summed E-state index contributed by atoms with van der Waals surface area (Å²) in [4.78, 5) is 22.0. The minimum absolute atomic E-state index is 0.0312. The van der Waals surface area contributed by atoms with Gasteiger partial charge in [-0.1, -0.05) is 11.6 Å². The summed E-state index contributed by atoms with van der Waals surface area (Å²) in [6.45, 7) is 4.85. The number of nitro groups is 1. The van der Waals surface area contributed by atoms with Gasteiger partial charge in [-0.15, -0.1) is 0 Å². The van der Waals surface area contributed by atoms with E-state index >= 15 is 0 Å². The van der Waals surface area contributed by atoms with Crippen LogP contribution in [0.2, 0.25) is 5.02 Å². The number of aliphatic hydroxyl groups is 1. The summed E-state index contributed by atoms with van der Waals surface area (Å²) in [7, 11) is 0. The molecule has 1 unspecified atom stereocenters. The number of halogens is 1. The van der Waals surface area contributed by atoms with Crippen LogP contribution in [0.3, 0.4) is 0 Å². The zero-order chi connectivity index (χ0) is 14.8. The van der Waals surface area contributed by atoms with Crippen LogP contribution in [0.1, 0.15) is 31.1 Å². The van der Waals surface area contributed by atoms with Crippen molar-refractivity contribution in [2.45, 2.75) is 32.4 Å². The zero-order valence-electron chi connectivity index (χ0n) is 10.8. The molecule has 19 heavy (non-hydrogen) atoms. The fourth-order valence-electron chi connectivity index (χ4n) is 1.26. The second kappa shape index (κ2) is 5.54. The molecule has 1 aromatic rings. The number of nitrogens with zero attached hydrogens (tertiary/aromatic N) is 1. The first kappa shape index (κ1) is 15.4. The van der Waals surface area contributed by atoms with E-state index in [-0.39, 0.29) is 16.3 Å². The van der Waals surface area contributed by atoms with E-state index in [9.17, 15) is 20.0 Å². The van der Waals surface area contributed by atoms with Gasteiger partial charge >= 0.3 is 0 Å². The van der Waals surface area contributed by atoms with Crippen LogP contribution in [0, 0.1) is 10.1 Å². The van der Waals surface area contributed by atoms with Gasteiger partial charge in [0.1, 0.15) is 5.02 Å². The molecule has 0 bridgehead atoms. The van der Waals surface area contributed by atoms with E-state index < -0.39 is 22.5 Å². The van der Waals surface area contributed by atoms with Gasteiger partial charge in [0.25, 0.3) is 11.6 Å². The van der Waals surface area contributed by atoms with Gasteiger partial charge in [-0.3, -0.25) is 14.9 Å². The summed E-state index contributed by atoms with van der Waals surface area (Å²) >= 11 is 5.67. The van der Waals surface area contributed by atoms with Gasteiger partial charge in [0.15, 0.2) is 0 Å². The smallest absolute Gasteiger partial charge is 0.288 e. The molecule has 0 heterocycles. The number of hydrogen-bond donors (Lipinski definition) is 2. The Morgan fingerprint density at radius 1 is 1.53 bits per heavy atom. The molecule has 0 aromatic heterocycles. The molecule has 1 amide bonds. The van der Waals surface area contributed by atoms with Gasteiger partial charge < -0.3 is 10.4 Å². The molecule has 0 aliphatic heterocycles. The van der Waals surface area contributed by atoms with Gasteiger partial charge in [-0.2, -0.15) is 0 Å².